The number of nitrogens with zero attached hydrogens (tertiary/aromatic N) is 4. The third kappa shape index (κ3) is 5.35. The van der Waals surface area contributed by atoms with Crippen LogP contribution in [-0.4, -0.2) is 38.3 Å². The third-order valence-electron chi connectivity index (χ3n) is 5.22. The Kier molecular flexibility index (Phi) is 8.60. The maximum atomic E-state index is 13.7. The largest absolute Gasteiger partial charge is 0.420 e. The fourth-order valence-corrected chi connectivity index (χ4v) is 4.48. The van der Waals surface area contributed by atoms with Gasteiger partial charge in [0.1, 0.15) is 11.3 Å². The molecule has 5 nitrogen and oxygen atoms in total. The molecule has 0 radical (unpaired) electrons. The van der Waals surface area contributed by atoms with E-state index in [0.29, 0.717) is 24.2 Å². The highest BCUT2D eigenvalue weighted by atomic mass is 32.1. The van der Waals surface area contributed by atoms with Crippen molar-refractivity contribution < 1.29 is 18.0 Å². The van der Waals surface area contributed by atoms with E-state index in [2.05, 4.69) is 16.5 Å². The normalized spacial score (nSPS) is 16.2. The Labute approximate surface area is 196 Å². The van der Waals surface area contributed by atoms with Gasteiger partial charge in [-0.15, -0.1) is 11.3 Å². The van der Waals surface area contributed by atoms with Crippen LogP contribution in [0.2, 0.25) is 0 Å². The molecule has 1 amide bonds. The summed E-state index contributed by atoms with van der Waals surface area (Å²) in [6.45, 7) is 10.4. The zero-order valence-electron chi connectivity index (χ0n) is 18.2. The summed E-state index contributed by atoms with van der Waals surface area (Å²) in [7, 11) is 0. The molecular formula is C24H29F3N4OS. The van der Waals surface area contributed by atoms with Crippen molar-refractivity contribution in [2.45, 2.75) is 46.7 Å². The van der Waals surface area contributed by atoms with Crippen LogP contribution in [0.15, 0.2) is 48.8 Å². The Bertz CT molecular complexity index is 1130. The molecule has 1 aliphatic rings. The first-order valence-electron chi connectivity index (χ1n) is 10.4. The van der Waals surface area contributed by atoms with Crippen molar-refractivity contribution in [1.29, 1.82) is 0 Å². The number of likely N-dealkylation sites (tertiary alicyclic amines) is 1. The lowest BCUT2D eigenvalue weighted by atomic mass is 10.1. The number of hydrogen-bond donors (Lipinski definition) is 0. The molecule has 1 aliphatic heterocycles. The second kappa shape index (κ2) is 10.8. The number of thiazole rings is 1. The number of rotatable bonds is 4. The summed E-state index contributed by atoms with van der Waals surface area (Å²) in [6.07, 6.45) is 3.97. The Morgan fingerprint density at radius 3 is 2.61 bits per heavy atom. The summed E-state index contributed by atoms with van der Waals surface area (Å²) in [4.78, 5) is 22.9. The van der Waals surface area contributed by atoms with Crippen LogP contribution in [-0.2, 0) is 6.18 Å². The summed E-state index contributed by atoms with van der Waals surface area (Å²) in [5, 5.41) is 2.85. The van der Waals surface area contributed by atoms with Crippen LogP contribution in [0.25, 0.3) is 11.2 Å². The molecule has 4 heterocycles. The Morgan fingerprint density at radius 2 is 2.03 bits per heavy atom. The molecule has 9 heteroatoms. The molecule has 3 aromatic rings. The summed E-state index contributed by atoms with van der Waals surface area (Å²) < 4.78 is 42.3. The molecule has 1 fully saturated rings. The molecule has 0 spiro atoms. The number of fused-ring (bicyclic) bond motifs is 1. The topological polar surface area (TPSA) is 50.5 Å². The SMILES string of the molecule is C.C=C/C(=C\C)c1cc(C(F)(F)F)c2nc(C(=O)N3CCC(c4nccs4)C3)cn2c1.CC. The summed E-state index contributed by atoms with van der Waals surface area (Å²) in [5.74, 6) is -0.226. The first-order valence-corrected chi connectivity index (χ1v) is 11.3. The van der Waals surface area contributed by atoms with Crippen LogP contribution in [0, 0.1) is 0 Å². The van der Waals surface area contributed by atoms with Gasteiger partial charge >= 0.3 is 6.18 Å². The zero-order chi connectivity index (χ0) is 23.5. The van der Waals surface area contributed by atoms with E-state index < -0.39 is 11.7 Å². The van der Waals surface area contributed by atoms with E-state index in [9.17, 15) is 18.0 Å². The molecule has 0 aromatic carbocycles. The van der Waals surface area contributed by atoms with Crippen molar-refractivity contribution in [3.05, 3.63) is 70.6 Å². The first-order chi connectivity index (χ1) is 15.3. The standard InChI is InChI=1S/C21H19F3N4OS.C2H6.CH4/c1-3-13(4-2)15-9-16(21(22,23)24)18-26-17(12-28(18)11-15)20(29)27-7-5-14(10-27)19-25-6-8-30-19;1-2;/h3-4,6,8-9,11-12,14H,1,5,7,10H2,2H3;1-2H3;1H4/b13-4+;;. The van der Waals surface area contributed by atoms with Gasteiger partial charge in [0, 0.05) is 43.0 Å². The van der Waals surface area contributed by atoms with Crippen molar-refractivity contribution in [1.82, 2.24) is 19.3 Å². The Hall–Kier alpha value is -2.94. The predicted molar refractivity (Wildman–Crippen MR) is 127 cm³/mol. The lowest BCUT2D eigenvalue weighted by Gasteiger charge is -2.14. The van der Waals surface area contributed by atoms with E-state index in [-0.39, 0.29) is 30.6 Å². The number of hydrogen-bond acceptors (Lipinski definition) is 4. The lowest BCUT2D eigenvalue weighted by Crippen LogP contribution is -2.28. The van der Waals surface area contributed by atoms with Gasteiger partial charge < -0.3 is 9.30 Å². The molecule has 0 N–H and O–H groups in total. The summed E-state index contributed by atoms with van der Waals surface area (Å²) in [6, 6.07) is 1.04. The van der Waals surface area contributed by atoms with E-state index in [1.54, 1.807) is 24.1 Å². The molecule has 0 saturated carbocycles. The van der Waals surface area contributed by atoms with Crippen LogP contribution in [0.5, 0.6) is 0 Å². The van der Waals surface area contributed by atoms with E-state index in [1.165, 1.54) is 34.2 Å². The highest BCUT2D eigenvalue weighted by Crippen LogP contribution is 2.35. The molecular weight excluding hydrogens is 449 g/mol. The van der Waals surface area contributed by atoms with Crippen LogP contribution in [0.3, 0.4) is 0 Å². The van der Waals surface area contributed by atoms with Gasteiger partial charge in [-0.05, 0) is 30.5 Å². The fraction of sp³-hybridized carbons (Fsp3) is 0.375. The van der Waals surface area contributed by atoms with Gasteiger partial charge in [0.05, 0.1) is 10.6 Å². The zero-order valence-corrected chi connectivity index (χ0v) is 19.0. The number of carbonyl (C=O) groups is 1. The molecule has 3 aromatic heterocycles. The molecule has 1 unspecified atom stereocenters. The van der Waals surface area contributed by atoms with Crippen molar-refractivity contribution in [3.8, 4) is 0 Å². The number of aromatic nitrogens is 3. The summed E-state index contributed by atoms with van der Waals surface area (Å²) >= 11 is 1.54. The maximum absolute atomic E-state index is 13.7. The Morgan fingerprint density at radius 1 is 1.30 bits per heavy atom. The minimum Gasteiger partial charge on any atom is -0.337 e. The van der Waals surface area contributed by atoms with E-state index >= 15 is 0 Å². The van der Waals surface area contributed by atoms with Gasteiger partial charge in [-0.25, -0.2) is 9.97 Å². The van der Waals surface area contributed by atoms with Crippen molar-refractivity contribution in [3.63, 3.8) is 0 Å². The van der Waals surface area contributed by atoms with Crippen LogP contribution in [0.4, 0.5) is 13.2 Å². The molecule has 1 atom stereocenters. The van der Waals surface area contributed by atoms with E-state index in [4.69, 9.17) is 0 Å². The van der Waals surface area contributed by atoms with Gasteiger partial charge in [0.15, 0.2) is 0 Å². The second-order valence-electron chi connectivity index (χ2n) is 7.05. The molecule has 4 rings (SSSR count). The second-order valence-corrected chi connectivity index (χ2v) is 7.98. The predicted octanol–water partition coefficient (Wildman–Crippen LogP) is 6.69. The smallest absolute Gasteiger partial charge is 0.337 e. The molecule has 0 bridgehead atoms. The maximum Gasteiger partial charge on any atom is 0.420 e. The molecule has 33 heavy (non-hydrogen) atoms. The number of imidazole rings is 1. The number of carbonyl (C=O) groups excluding carboxylic acids is 1. The van der Waals surface area contributed by atoms with Crippen molar-refractivity contribution in [2.24, 2.45) is 0 Å². The number of allylic oxidation sites excluding steroid dienone is 3. The third-order valence-corrected chi connectivity index (χ3v) is 6.15. The quantitative estimate of drug-likeness (QED) is 0.393. The molecule has 1 saturated heterocycles. The highest BCUT2D eigenvalue weighted by Gasteiger charge is 2.36. The number of alkyl halides is 3. The van der Waals surface area contributed by atoms with Crippen LogP contribution in [0.1, 0.15) is 67.2 Å². The molecule has 178 valence electrons. The van der Waals surface area contributed by atoms with Gasteiger partial charge in [-0.1, -0.05) is 40.0 Å². The van der Waals surface area contributed by atoms with E-state index in [0.717, 1.165) is 17.5 Å². The van der Waals surface area contributed by atoms with E-state index in [1.807, 2.05) is 19.2 Å². The summed E-state index contributed by atoms with van der Waals surface area (Å²) in [5.41, 5.74) is -0.256. The Balaban J connectivity index is 0.00000125. The number of halogens is 3. The first kappa shape index (κ1) is 26.3. The highest BCUT2D eigenvalue weighted by molar-refractivity contribution is 7.09. The van der Waals surface area contributed by atoms with Gasteiger partial charge in [-0.3, -0.25) is 4.79 Å². The van der Waals surface area contributed by atoms with Crippen LogP contribution >= 0.6 is 11.3 Å². The average molecular weight is 479 g/mol. The minimum atomic E-state index is -4.60. The monoisotopic (exact) mass is 478 g/mol. The average Bonchev–Trinajstić information content (AvgIpc) is 3.54. The van der Waals surface area contributed by atoms with Gasteiger partial charge in [0.25, 0.3) is 5.91 Å². The number of amides is 1. The van der Waals surface area contributed by atoms with Gasteiger partial charge in [0.2, 0.25) is 0 Å². The minimum absolute atomic E-state index is 0. The molecule has 0 aliphatic carbocycles. The number of pyridine rings is 1. The van der Waals surface area contributed by atoms with Crippen LogP contribution < -0.4 is 0 Å². The van der Waals surface area contributed by atoms with Crippen molar-refractivity contribution in [2.75, 3.05) is 13.1 Å². The fourth-order valence-electron chi connectivity index (χ4n) is 3.71. The van der Waals surface area contributed by atoms with Gasteiger partial charge in [-0.2, -0.15) is 13.2 Å². The van der Waals surface area contributed by atoms with Crippen molar-refractivity contribution >= 4 is 28.5 Å². The lowest BCUT2D eigenvalue weighted by molar-refractivity contribution is -0.136.